The van der Waals surface area contributed by atoms with E-state index in [0.717, 1.165) is 31.5 Å². The van der Waals surface area contributed by atoms with Crippen molar-refractivity contribution in [2.24, 2.45) is 11.8 Å². The van der Waals surface area contributed by atoms with Crippen molar-refractivity contribution < 1.29 is 23.0 Å². The van der Waals surface area contributed by atoms with E-state index >= 15 is 0 Å². The first-order valence-corrected chi connectivity index (χ1v) is 8.54. The summed E-state index contributed by atoms with van der Waals surface area (Å²) in [5.41, 5.74) is 1.08. The number of hydrogen-bond donors (Lipinski definition) is 1. The molecule has 0 saturated carbocycles. The molecule has 3 heterocycles. The number of nitrogens with zero attached hydrogens (tertiary/aromatic N) is 1. The summed E-state index contributed by atoms with van der Waals surface area (Å²) in [6.07, 6.45) is -2.83. The maximum atomic E-state index is 12.6. The number of halogens is 3. The Labute approximate surface area is 139 Å². The fourth-order valence-electron chi connectivity index (χ4n) is 4.98. The highest BCUT2D eigenvalue weighted by Gasteiger charge is 2.62. The monoisotopic (exact) mass is 341 g/mol. The van der Waals surface area contributed by atoms with E-state index in [2.05, 4.69) is 4.90 Å². The molecule has 132 valence electrons. The standard InChI is InChI=1S/C18H22F3NO2/c19-18(20,21)7-12-2-1-3-13(6-12)8-22-9-15-14(10-23)16-4-5-17(15,11-22)24-16/h1-3,6,14-16,23H,4-5,7-11H2/t14-,15+,16+,17+/m0/s1. The minimum Gasteiger partial charge on any atom is -0.396 e. The summed E-state index contributed by atoms with van der Waals surface area (Å²) in [6.45, 7) is 2.46. The maximum absolute atomic E-state index is 12.6. The number of fused-ring (bicyclic) bond motifs is 1. The molecule has 3 nitrogen and oxygen atoms in total. The summed E-state index contributed by atoms with van der Waals surface area (Å²) in [5.74, 6) is 0.555. The molecule has 3 saturated heterocycles. The van der Waals surface area contributed by atoms with E-state index in [0.29, 0.717) is 18.0 Å². The van der Waals surface area contributed by atoms with Crippen LogP contribution in [0, 0.1) is 11.8 Å². The van der Waals surface area contributed by atoms with Crippen molar-refractivity contribution in [3.8, 4) is 0 Å². The van der Waals surface area contributed by atoms with Gasteiger partial charge in [0.25, 0.3) is 0 Å². The second-order valence-electron chi connectivity index (χ2n) is 7.49. The first-order valence-electron chi connectivity index (χ1n) is 8.54. The highest BCUT2D eigenvalue weighted by molar-refractivity contribution is 5.25. The molecule has 6 heteroatoms. The SMILES string of the molecule is OC[C@H]1[C@H]2CN(Cc3cccc(CC(F)(F)F)c3)C[C@]23CC[C@H]1O3. The van der Waals surface area contributed by atoms with Gasteiger partial charge in [0, 0.05) is 38.1 Å². The molecular formula is C18H22F3NO2. The molecule has 3 fully saturated rings. The Morgan fingerprint density at radius 3 is 2.83 bits per heavy atom. The molecule has 1 aromatic carbocycles. The normalized spacial score (nSPS) is 35.6. The van der Waals surface area contributed by atoms with Crippen LogP contribution >= 0.6 is 0 Å². The van der Waals surface area contributed by atoms with Crippen molar-refractivity contribution in [3.63, 3.8) is 0 Å². The summed E-state index contributed by atoms with van der Waals surface area (Å²) >= 11 is 0. The molecule has 2 bridgehead atoms. The molecule has 3 aliphatic heterocycles. The maximum Gasteiger partial charge on any atom is 0.393 e. The van der Waals surface area contributed by atoms with Crippen LogP contribution in [0.3, 0.4) is 0 Å². The summed E-state index contributed by atoms with van der Waals surface area (Å²) < 4.78 is 43.9. The summed E-state index contributed by atoms with van der Waals surface area (Å²) in [4.78, 5) is 2.27. The van der Waals surface area contributed by atoms with Gasteiger partial charge in [0.05, 0.1) is 18.1 Å². The van der Waals surface area contributed by atoms with Gasteiger partial charge in [-0.3, -0.25) is 4.90 Å². The number of likely N-dealkylation sites (tertiary alicyclic amines) is 1. The average Bonchev–Trinajstić information content (AvgIpc) is 3.12. The molecule has 0 aliphatic carbocycles. The van der Waals surface area contributed by atoms with Gasteiger partial charge in [0.2, 0.25) is 0 Å². The molecule has 4 atom stereocenters. The van der Waals surface area contributed by atoms with Crippen LogP contribution in [-0.4, -0.2) is 47.6 Å². The summed E-state index contributed by atoms with van der Waals surface area (Å²) in [5, 5.41) is 9.65. The van der Waals surface area contributed by atoms with Crippen LogP contribution in [0.4, 0.5) is 13.2 Å². The molecule has 0 aromatic heterocycles. The van der Waals surface area contributed by atoms with Gasteiger partial charge < -0.3 is 9.84 Å². The van der Waals surface area contributed by atoms with Gasteiger partial charge in [0.1, 0.15) is 0 Å². The van der Waals surface area contributed by atoms with Crippen molar-refractivity contribution in [2.75, 3.05) is 19.7 Å². The molecule has 1 aromatic rings. The lowest BCUT2D eigenvalue weighted by atomic mass is 9.74. The zero-order chi connectivity index (χ0) is 16.9. The van der Waals surface area contributed by atoms with Crippen molar-refractivity contribution >= 4 is 0 Å². The third kappa shape index (κ3) is 2.85. The Balaban J connectivity index is 1.45. The van der Waals surface area contributed by atoms with E-state index in [4.69, 9.17) is 4.74 Å². The molecular weight excluding hydrogens is 319 g/mol. The number of rotatable bonds is 4. The molecule has 4 rings (SSSR count). The zero-order valence-corrected chi connectivity index (χ0v) is 13.4. The third-order valence-electron chi connectivity index (χ3n) is 5.87. The fourth-order valence-corrected chi connectivity index (χ4v) is 4.98. The van der Waals surface area contributed by atoms with Gasteiger partial charge in [-0.05, 0) is 24.0 Å². The highest BCUT2D eigenvalue weighted by atomic mass is 19.4. The van der Waals surface area contributed by atoms with Crippen LogP contribution in [0.1, 0.15) is 24.0 Å². The zero-order valence-electron chi connectivity index (χ0n) is 13.4. The van der Waals surface area contributed by atoms with Crippen LogP contribution in [0.15, 0.2) is 24.3 Å². The van der Waals surface area contributed by atoms with E-state index in [9.17, 15) is 18.3 Å². The van der Waals surface area contributed by atoms with E-state index in [-0.39, 0.29) is 24.2 Å². The van der Waals surface area contributed by atoms with E-state index in [1.807, 2.05) is 6.07 Å². The van der Waals surface area contributed by atoms with E-state index in [1.54, 1.807) is 12.1 Å². The van der Waals surface area contributed by atoms with Crippen LogP contribution in [0.25, 0.3) is 0 Å². The first kappa shape index (κ1) is 16.4. The Bertz CT molecular complexity index is 621. The summed E-state index contributed by atoms with van der Waals surface area (Å²) in [7, 11) is 0. The van der Waals surface area contributed by atoms with Gasteiger partial charge >= 0.3 is 6.18 Å². The van der Waals surface area contributed by atoms with Crippen molar-refractivity contribution in [2.45, 2.75) is 43.7 Å². The van der Waals surface area contributed by atoms with Gasteiger partial charge in [0.15, 0.2) is 0 Å². The molecule has 1 spiro atoms. The van der Waals surface area contributed by atoms with E-state index < -0.39 is 12.6 Å². The quantitative estimate of drug-likeness (QED) is 0.914. The van der Waals surface area contributed by atoms with Crippen LogP contribution in [0.5, 0.6) is 0 Å². The Kier molecular flexibility index (Phi) is 3.90. The second kappa shape index (κ2) is 5.71. The van der Waals surface area contributed by atoms with Gasteiger partial charge in [-0.15, -0.1) is 0 Å². The van der Waals surface area contributed by atoms with Gasteiger partial charge in [-0.25, -0.2) is 0 Å². The van der Waals surface area contributed by atoms with Gasteiger partial charge in [-0.1, -0.05) is 24.3 Å². The Morgan fingerprint density at radius 1 is 1.29 bits per heavy atom. The molecule has 1 N–H and O–H groups in total. The van der Waals surface area contributed by atoms with Crippen molar-refractivity contribution in [1.82, 2.24) is 4.90 Å². The molecule has 3 aliphatic rings. The topological polar surface area (TPSA) is 32.7 Å². The highest BCUT2D eigenvalue weighted by Crippen LogP contribution is 2.54. The largest absolute Gasteiger partial charge is 0.396 e. The Hall–Kier alpha value is -1.11. The number of ether oxygens (including phenoxy) is 1. The number of hydrogen-bond acceptors (Lipinski definition) is 3. The number of alkyl halides is 3. The van der Waals surface area contributed by atoms with Crippen LogP contribution < -0.4 is 0 Å². The number of aliphatic hydroxyl groups is 1. The molecule has 24 heavy (non-hydrogen) atoms. The number of benzene rings is 1. The third-order valence-corrected chi connectivity index (χ3v) is 5.87. The Morgan fingerprint density at radius 2 is 2.08 bits per heavy atom. The lowest BCUT2D eigenvalue weighted by Crippen LogP contribution is -2.37. The minimum absolute atomic E-state index is 0.137. The smallest absolute Gasteiger partial charge is 0.393 e. The second-order valence-corrected chi connectivity index (χ2v) is 7.49. The van der Waals surface area contributed by atoms with Crippen LogP contribution in [-0.2, 0) is 17.7 Å². The molecule has 0 radical (unpaired) electrons. The van der Waals surface area contributed by atoms with Crippen LogP contribution in [0.2, 0.25) is 0 Å². The van der Waals surface area contributed by atoms with Crippen molar-refractivity contribution in [1.29, 1.82) is 0 Å². The first-order chi connectivity index (χ1) is 11.4. The molecule has 0 amide bonds. The van der Waals surface area contributed by atoms with Gasteiger partial charge in [-0.2, -0.15) is 13.2 Å². The lowest BCUT2D eigenvalue weighted by molar-refractivity contribution is -0.127. The lowest BCUT2D eigenvalue weighted by Gasteiger charge is -2.28. The fraction of sp³-hybridized carbons (Fsp3) is 0.667. The summed E-state index contributed by atoms with van der Waals surface area (Å²) in [6, 6.07) is 6.76. The predicted molar refractivity (Wildman–Crippen MR) is 82.4 cm³/mol. The number of aliphatic hydroxyl groups excluding tert-OH is 1. The molecule has 0 unspecified atom stereocenters. The van der Waals surface area contributed by atoms with E-state index in [1.165, 1.54) is 6.07 Å². The van der Waals surface area contributed by atoms with Crippen molar-refractivity contribution in [3.05, 3.63) is 35.4 Å². The predicted octanol–water partition coefficient (Wildman–Crippen LogP) is 2.76. The average molecular weight is 341 g/mol. The minimum atomic E-state index is -4.18.